The monoisotopic (exact) mass is 150 g/mol. The third-order valence-corrected chi connectivity index (χ3v) is 3.48. The standard InChI is InChI=1S/C5H10O3S/c1-4-2-9(7,8)3-5(4)6/h4-6H,2-3H2,1H3. The number of hydrogen-bond acceptors (Lipinski definition) is 3. The first-order chi connectivity index (χ1) is 4.01. The van der Waals surface area contributed by atoms with Crippen molar-refractivity contribution in [3.05, 3.63) is 0 Å². The lowest BCUT2D eigenvalue weighted by molar-refractivity contribution is 0.159. The van der Waals surface area contributed by atoms with Crippen LogP contribution in [0.5, 0.6) is 0 Å². The molecule has 1 saturated heterocycles. The fourth-order valence-electron chi connectivity index (χ4n) is 1.00. The molecule has 1 aliphatic heterocycles. The third kappa shape index (κ3) is 1.43. The van der Waals surface area contributed by atoms with Crippen LogP contribution in [0.15, 0.2) is 0 Å². The summed E-state index contributed by atoms with van der Waals surface area (Å²) in [5.74, 6) is 0.0255. The van der Waals surface area contributed by atoms with Gasteiger partial charge in [-0.3, -0.25) is 0 Å². The van der Waals surface area contributed by atoms with Crippen LogP contribution in [-0.4, -0.2) is 31.1 Å². The molecule has 4 heteroatoms. The van der Waals surface area contributed by atoms with Gasteiger partial charge in [-0.25, -0.2) is 8.42 Å². The predicted molar refractivity (Wildman–Crippen MR) is 33.8 cm³/mol. The van der Waals surface area contributed by atoms with E-state index in [1.54, 1.807) is 6.92 Å². The average Bonchev–Trinajstić information content (AvgIpc) is 1.79. The number of aliphatic hydroxyl groups is 1. The van der Waals surface area contributed by atoms with E-state index in [1.807, 2.05) is 0 Å². The highest BCUT2D eigenvalue weighted by molar-refractivity contribution is 7.91. The maximum atomic E-state index is 10.7. The summed E-state index contributed by atoms with van der Waals surface area (Å²) in [5, 5.41) is 8.95. The van der Waals surface area contributed by atoms with Crippen molar-refractivity contribution < 1.29 is 13.5 Å². The second kappa shape index (κ2) is 1.95. The van der Waals surface area contributed by atoms with Crippen molar-refractivity contribution >= 4 is 9.84 Å². The Balaban J connectivity index is 2.77. The molecule has 0 aromatic rings. The quantitative estimate of drug-likeness (QED) is 0.502. The predicted octanol–water partition coefficient (Wildman–Crippen LogP) is -0.588. The van der Waals surface area contributed by atoms with Crippen molar-refractivity contribution in [3.63, 3.8) is 0 Å². The van der Waals surface area contributed by atoms with Crippen molar-refractivity contribution in [3.8, 4) is 0 Å². The summed E-state index contributed by atoms with van der Waals surface area (Å²) >= 11 is 0. The molecule has 0 radical (unpaired) electrons. The van der Waals surface area contributed by atoms with Gasteiger partial charge in [0.1, 0.15) is 0 Å². The second-order valence-electron chi connectivity index (χ2n) is 2.62. The lowest BCUT2D eigenvalue weighted by Gasteiger charge is -2.01. The molecule has 1 fully saturated rings. The number of rotatable bonds is 0. The molecule has 0 amide bonds. The summed E-state index contributed by atoms with van der Waals surface area (Å²) in [5.41, 5.74) is 0. The van der Waals surface area contributed by atoms with Crippen LogP contribution < -0.4 is 0 Å². The van der Waals surface area contributed by atoms with Crippen molar-refractivity contribution in [1.29, 1.82) is 0 Å². The molecule has 0 aromatic heterocycles. The molecule has 0 spiro atoms. The molecular formula is C5H10O3S. The first-order valence-electron chi connectivity index (χ1n) is 2.90. The molecular weight excluding hydrogens is 140 g/mol. The van der Waals surface area contributed by atoms with E-state index in [4.69, 9.17) is 5.11 Å². The molecule has 9 heavy (non-hydrogen) atoms. The molecule has 54 valence electrons. The van der Waals surface area contributed by atoms with Crippen LogP contribution in [0.25, 0.3) is 0 Å². The Kier molecular flexibility index (Phi) is 1.52. The lowest BCUT2D eigenvalue weighted by atomic mass is 10.1. The SMILES string of the molecule is CC1CS(=O)(=O)CC1O. The Morgan fingerprint density at radius 2 is 2.00 bits per heavy atom. The van der Waals surface area contributed by atoms with Crippen molar-refractivity contribution in [1.82, 2.24) is 0 Å². The van der Waals surface area contributed by atoms with E-state index in [1.165, 1.54) is 0 Å². The molecule has 2 atom stereocenters. The maximum absolute atomic E-state index is 10.7. The zero-order valence-electron chi connectivity index (χ0n) is 5.24. The van der Waals surface area contributed by atoms with Crippen molar-refractivity contribution in [2.45, 2.75) is 13.0 Å². The van der Waals surface area contributed by atoms with E-state index >= 15 is 0 Å². The van der Waals surface area contributed by atoms with Crippen LogP contribution in [0.4, 0.5) is 0 Å². The van der Waals surface area contributed by atoms with Gasteiger partial charge < -0.3 is 5.11 Å². The smallest absolute Gasteiger partial charge is 0.153 e. The summed E-state index contributed by atoms with van der Waals surface area (Å²) in [6.07, 6.45) is -0.630. The van der Waals surface area contributed by atoms with Crippen LogP contribution in [0.3, 0.4) is 0 Å². The van der Waals surface area contributed by atoms with Gasteiger partial charge in [0.2, 0.25) is 0 Å². The van der Waals surface area contributed by atoms with Gasteiger partial charge in [0.25, 0.3) is 0 Å². The van der Waals surface area contributed by atoms with Crippen LogP contribution in [0.1, 0.15) is 6.92 Å². The molecule has 1 aliphatic rings. The summed E-state index contributed by atoms with van der Waals surface area (Å²) in [7, 11) is -2.89. The van der Waals surface area contributed by atoms with E-state index in [0.29, 0.717) is 0 Å². The highest BCUT2D eigenvalue weighted by Crippen LogP contribution is 2.17. The van der Waals surface area contributed by atoms with Gasteiger partial charge in [-0.05, 0) is 5.92 Å². The Morgan fingerprint density at radius 3 is 2.11 bits per heavy atom. The van der Waals surface area contributed by atoms with Crippen LogP contribution in [0.2, 0.25) is 0 Å². The van der Waals surface area contributed by atoms with Crippen molar-refractivity contribution in [2.75, 3.05) is 11.5 Å². The summed E-state index contributed by atoms with van der Waals surface area (Å²) in [6.45, 7) is 1.75. The van der Waals surface area contributed by atoms with Crippen molar-refractivity contribution in [2.24, 2.45) is 5.92 Å². The largest absolute Gasteiger partial charge is 0.392 e. The molecule has 0 saturated carbocycles. The number of aliphatic hydroxyl groups excluding tert-OH is 1. The first-order valence-corrected chi connectivity index (χ1v) is 4.72. The molecule has 0 aliphatic carbocycles. The Bertz CT molecular complexity index is 178. The van der Waals surface area contributed by atoms with E-state index < -0.39 is 15.9 Å². The van der Waals surface area contributed by atoms with Gasteiger partial charge in [-0.1, -0.05) is 6.92 Å². The Morgan fingerprint density at radius 1 is 1.44 bits per heavy atom. The number of sulfone groups is 1. The summed E-state index contributed by atoms with van der Waals surface area (Å²) in [4.78, 5) is 0. The fraction of sp³-hybridized carbons (Fsp3) is 1.00. The zero-order valence-corrected chi connectivity index (χ0v) is 6.06. The number of hydrogen-bond donors (Lipinski definition) is 1. The van der Waals surface area contributed by atoms with Gasteiger partial charge in [-0.15, -0.1) is 0 Å². The van der Waals surface area contributed by atoms with Crippen LogP contribution in [-0.2, 0) is 9.84 Å². The lowest BCUT2D eigenvalue weighted by Crippen LogP contribution is -2.13. The summed E-state index contributed by atoms with van der Waals surface area (Å²) in [6, 6.07) is 0. The minimum atomic E-state index is -2.89. The molecule has 1 rings (SSSR count). The normalized spacial score (nSPS) is 41.1. The third-order valence-electron chi connectivity index (χ3n) is 1.60. The van der Waals surface area contributed by atoms with E-state index in [0.717, 1.165) is 0 Å². The van der Waals surface area contributed by atoms with E-state index in [-0.39, 0.29) is 17.4 Å². The Labute approximate surface area is 54.6 Å². The van der Waals surface area contributed by atoms with Gasteiger partial charge in [0, 0.05) is 0 Å². The van der Waals surface area contributed by atoms with Gasteiger partial charge >= 0.3 is 0 Å². The molecule has 2 unspecified atom stereocenters. The average molecular weight is 150 g/mol. The minimum Gasteiger partial charge on any atom is -0.392 e. The molecule has 3 nitrogen and oxygen atoms in total. The highest BCUT2D eigenvalue weighted by Gasteiger charge is 2.32. The topological polar surface area (TPSA) is 54.4 Å². The van der Waals surface area contributed by atoms with Gasteiger partial charge in [-0.2, -0.15) is 0 Å². The maximum Gasteiger partial charge on any atom is 0.153 e. The van der Waals surface area contributed by atoms with E-state index in [9.17, 15) is 8.42 Å². The van der Waals surface area contributed by atoms with E-state index in [2.05, 4.69) is 0 Å². The minimum absolute atomic E-state index is 0.0475. The molecule has 0 bridgehead atoms. The molecule has 1 N–H and O–H groups in total. The second-order valence-corrected chi connectivity index (χ2v) is 4.78. The van der Waals surface area contributed by atoms with Crippen LogP contribution >= 0.6 is 0 Å². The molecule has 1 heterocycles. The fourth-order valence-corrected chi connectivity index (χ4v) is 3.01. The van der Waals surface area contributed by atoms with Gasteiger partial charge in [0.05, 0.1) is 17.6 Å². The molecule has 0 aromatic carbocycles. The highest BCUT2D eigenvalue weighted by atomic mass is 32.2. The van der Waals surface area contributed by atoms with Crippen LogP contribution in [0, 0.1) is 5.92 Å². The Hall–Kier alpha value is -0.0900. The van der Waals surface area contributed by atoms with Gasteiger partial charge in [0.15, 0.2) is 9.84 Å². The first kappa shape index (κ1) is 7.02. The summed E-state index contributed by atoms with van der Waals surface area (Å²) < 4.78 is 21.4. The zero-order chi connectivity index (χ0) is 7.07.